The molecule has 0 saturated heterocycles. The summed E-state index contributed by atoms with van der Waals surface area (Å²) in [4.78, 5) is 14.0. The summed E-state index contributed by atoms with van der Waals surface area (Å²) in [6.07, 6.45) is 2.26. The fraction of sp³-hybridized carbons (Fsp3) is 0.235. The highest BCUT2D eigenvalue weighted by Crippen LogP contribution is 2.72. The molecule has 3 rings (SSSR count). The van der Waals surface area contributed by atoms with Crippen LogP contribution in [-0.4, -0.2) is 11.2 Å². The van der Waals surface area contributed by atoms with E-state index in [4.69, 9.17) is 4.18 Å². The Bertz CT molecular complexity index is 551. The number of rotatable bonds is 4. The highest BCUT2D eigenvalue weighted by molar-refractivity contribution is 8.30. The van der Waals surface area contributed by atoms with E-state index in [1.807, 2.05) is 36.4 Å². The van der Waals surface area contributed by atoms with Crippen molar-refractivity contribution in [2.24, 2.45) is 0 Å². The SMILES string of the molecule is CC(=O)OS(c1ccccc1)(c1ccccc1)C1CC1. The molecule has 0 atom stereocenters. The quantitative estimate of drug-likeness (QED) is 0.824. The Balaban J connectivity index is 2.17. The smallest absolute Gasteiger partial charge is 0.313 e. The van der Waals surface area contributed by atoms with Crippen LogP contribution in [0.1, 0.15) is 19.8 Å². The van der Waals surface area contributed by atoms with Gasteiger partial charge in [-0.2, -0.15) is 0 Å². The molecule has 0 aliphatic heterocycles. The third kappa shape index (κ3) is 2.34. The largest absolute Gasteiger partial charge is 0.406 e. The van der Waals surface area contributed by atoms with Crippen LogP contribution in [-0.2, 0) is 8.98 Å². The highest BCUT2D eigenvalue weighted by atomic mass is 32.3. The first-order valence-corrected chi connectivity index (χ1v) is 8.48. The van der Waals surface area contributed by atoms with Gasteiger partial charge < -0.3 is 4.18 Å². The zero-order chi connectivity index (χ0) is 14.0. The Kier molecular flexibility index (Phi) is 3.53. The van der Waals surface area contributed by atoms with E-state index < -0.39 is 10.3 Å². The van der Waals surface area contributed by atoms with Crippen LogP contribution in [0.25, 0.3) is 0 Å². The minimum Gasteiger partial charge on any atom is -0.406 e. The molecule has 0 heterocycles. The minimum atomic E-state index is -1.71. The lowest BCUT2D eigenvalue weighted by Gasteiger charge is -2.39. The fourth-order valence-electron chi connectivity index (χ4n) is 2.52. The molecule has 2 aromatic carbocycles. The number of carbonyl (C=O) groups excluding carboxylic acids is 1. The van der Waals surface area contributed by atoms with Gasteiger partial charge in [-0.15, -0.1) is 0 Å². The van der Waals surface area contributed by atoms with Gasteiger partial charge in [0.1, 0.15) is 0 Å². The van der Waals surface area contributed by atoms with Crippen molar-refractivity contribution in [3.05, 3.63) is 60.7 Å². The molecule has 0 aromatic heterocycles. The lowest BCUT2D eigenvalue weighted by molar-refractivity contribution is -0.131. The van der Waals surface area contributed by atoms with Gasteiger partial charge >= 0.3 is 5.97 Å². The summed E-state index contributed by atoms with van der Waals surface area (Å²) in [5, 5.41) is 0.455. The van der Waals surface area contributed by atoms with Gasteiger partial charge in [0.15, 0.2) is 0 Å². The lowest BCUT2D eigenvalue weighted by atomic mass is 10.4. The van der Waals surface area contributed by atoms with Crippen molar-refractivity contribution in [3.63, 3.8) is 0 Å². The molecular formula is C17H18O2S. The molecule has 2 nitrogen and oxygen atoms in total. The average molecular weight is 286 g/mol. The van der Waals surface area contributed by atoms with E-state index in [2.05, 4.69) is 24.3 Å². The van der Waals surface area contributed by atoms with Crippen molar-refractivity contribution in [1.29, 1.82) is 0 Å². The van der Waals surface area contributed by atoms with Crippen LogP contribution in [0.3, 0.4) is 0 Å². The highest BCUT2D eigenvalue weighted by Gasteiger charge is 2.46. The Morgan fingerprint density at radius 3 is 1.75 bits per heavy atom. The summed E-state index contributed by atoms with van der Waals surface area (Å²) in [6.45, 7) is 1.51. The predicted molar refractivity (Wildman–Crippen MR) is 81.8 cm³/mol. The summed E-state index contributed by atoms with van der Waals surface area (Å²) in [7, 11) is -1.71. The zero-order valence-electron chi connectivity index (χ0n) is 11.5. The molecule has 0 bridgehead atoms. The van der Waals surface area contributed by atoms with Gasteiger partial charge in [-0.05, 0) is 47.4 Å². The lowest BCUT2D eigenvalue weighted by Crippen LogP contribution is -2.14. The Morgan fingerprint density at radius 2 is 1.40 bits per heavy atom. The maximum Gasteiger partial charge on any atom is 0.313 e. The van der Waals surface area contributed by atoms with E-state index in [9.17, 15) is 4.79 Å². The Hall–Kier alpha value is -1.74. The molecule has 1 fully saturated rings. The van der Waals surface area contributed by atoms with Crippen LogP contribution in [0.2, 0.25) is 0 Å². The molecular weight excluding hydrogens is 268 g/mol. The normalized spacial score (nSPS) is 15.7. The predicted octanol–water partition coefficient (Wildman–Crippen LogP) is 4.55. The summed E-state index contributed by atoms with van der Waals surface area (Å²) < 4.78 is 5.98. The van der Waals surface area contributed by atoms with Crippen molar-refractivity contribution in [2.45, 2.75) is 34.8 Å². The van der Waals surface area contributed by atoms with E-state index in [-0.39, 0.29) is 5.97 Å². The molecule has 1 aliphatic rings. The van der Waals surface area contributed by atoms with Crippen LogP contribution >= 0.6 is 10.3 Å². The Morgan fingerprint density at radius 1 is 0.950 bits per heavy atom. The maximum absolute atomic E-state index is 11.7. The molecule has 0 radical (unpaired) electrons. The fourth-order valence-corrected chi connectivity index (χ4v) is 6.18. The van der Waals surface area contributed by atoms with Gasteiger partial charge in [0.05, 0.1) is 0 Å². The van der Waals surface area contributed by atoms with Gasteiger partial charge in [-0.25, -0.2) is 0 Å². The monoisotopic (exact) mass is 286 g/mol. The van der Waals surface area contributed by atoms with Crippen molar-refractivity contribution in [3.8, 4) is 0 Å². The van der Waals surface area contributed by atoms with E-state index >= 15 is 0 Å². The van der Waals surface area contributed by atoms with Crippen LogP contribution < -0.4 is 0 Å². The van der Waals surface area contributed by atoms with E-state index in [0.717, 1.165) is 22.6 Å². The van der Waals surface area contributed by atoms with Gasteiger partial charge in [-0.1, -0.05) is 36.4 Å². The molecule has 0 amide bonds. The van der Waals surface area contributed by atoms with Crippen molar-refractivity contribution in [2.75, 3.05) is 0 Å². The molecule has 0 spiro atoms. The first-order valence-electron chi connectivity index (χ1n) is 6.86. The first-order chi connectivity index (χ1) is 9.73. The first kappa shape index (κ1) is 13.3. The second-order valence-corrected chi connectivity index (χ2v) is 7.98. The summed E-state index contributed by atoms with van der Waals surface area (Å²) >= 11 is 0. The average Bonchev–Trinajstić information content (AvgIpc) is 3.31. The molecule has 0 unspecified atom stereocenters. The van der Waals surface area contributed by atoms with Crippen LogP contribution in [0.15, 0.2) is 70.5 Å². The van der Waals surface area contributed by atoms with Crippen molar-refractivity contribution in [1.82, 2.24) is 0 Å². The molecule has 0 N–H and O–H groups in total. The summed E-state index contributed by atoms with van der Waals surface area (Å²) in [5.41, 5.74) is 0. The van der Waals surface area contributed by atoms with Gasteiger partial charge in [0.25, 0.3) is 0 Å². The number of benzene rings is 2. The molecule has 104 valence electrons. The van der Waals surface area contributed by atoms with Gasteiger partial charge in [-0.3, -0.25) is 4.79 Å². The number of hydrogen-bond donors (Lipinski definition) is 0. The zero-order valence-corrected chi connectivity index (χ0v) is 12.3. The third-order valence-electron chi connectivity index (χ3n) is 3.43. The minimum absolute atomic E-state index is 0.195. The Labute approximate surface area is 121 Å². The summed E-state index contributed by atoms with van der Waals surface area (Å²) in [6, 6.07) is 20.4. The van der Waals surface area contributed by atoms with Crippen molar-refractivity contribution < 1.29 is 8.98 Å². The van der Waals surface area contributed by atoms with Gasteiger partial charge in [0.2, 0.25) is 0 Å². The van der Waals surface area contributed by atoms with E-state index in [0.29, 0.717) is 5.25 Å². The second kappa shape index (κ2) is 5.33. The molecule has 2 aromatic rings. The second-order valence-electron chi connectivity index (χ2n) is 5.00. The van der Waals surface area contributed by atoms with Crippen LogP contribution in [0.5, 0.6) is 0 Å². The van der Waals surface area contributed by atoms with E-state index in [1.54, 1.807) is 0 Å². The van der Waals surface area contributed by atoms with Crippen LogP contribution in [0.4, 0.5) is 0 Å². The molecule has 1 aliphatic carbocycles. The van der Waals surface area contributed by atoms with Gasteiger partial charge in [0, 0.05) is 22.0 Å². The third-order valence-corrected chi connectivity index (χ3v) is 7.28. The number of hydrogen-bond acceptors (Lipinski definition) is 2. The maximum atomic E-state index is 11.7. The summed E-state index contributed by atoms with van der Waals surface area (Å²) in [5.74, 6) is -0.195. The standard InChI is InChI=1S/C17H18O2S/c1-14(18)19-20(17-12-13-17,15-8-4-2-5-9-15)16-10-6-3-7-11-16/h2-11,17H,12-13H2,1H3. The van der Waals surface area contributed by atoms with E-state index in [1.165, 1.54) is 6.92 Å². The molecule has 3 heteroatoms. The number of carbonyl (C=O) groups is 1. The molecule has 1 saturated carbocycles. The van der Waals surface area contributed by atoms with Crippen molar-refractivity contribution >= 4 is 16.3 Å². The topological polar surface area (TPSA) is 26.3 Å². The molecule has 20 heavy (non-hydrogen) atoms. The van der Waals surface area contributed by atoms with Crippen LogP contribution in [0, 0.1) is 0 Å².